The van der Waals surface area contributed by atoms with Gasteiger partial charge in [0.15, 0.2) is 0 Å². The average molecular weight is 252 g/mol. The smallest absolute Gasteiger partial charge is 0.258 e. The molecule has 3 aromatic rings. The van der Waals surface area contributed by atoms with Crippen LogP contribution in [-0.4, -0.2) is 15.1 Å². The Kier molecular flexibility index (Phi) is 2.72. The summed E-state index contributed by atoms with van der Waals surface area (Å²) < 4.78 is 5.28. The number of aromatic nitrogens is 3. The minimum absolute atomic E-state index is 0.430. The second-order valence-corrected chi connectivity index (χ2v) is 4.26. The fourth-order valence-corrected chi connectivity index (χ4v) is 1.82. The fraction of sp³-hybridized carbons (Fsp3) is 0.0714. The lowest BCUT2D eigenvalue weighted by Crippen LogP contribution is -1.90. The lowest BCUT2D eigenvalue weighted by Gasteiger charge is -1.96. The molecule has 1 aromatic carbocycles. The number of nitrogens with zero attached hydrogens (tertiary/aromatic N) is 3. The van der Waals surface area contributed by atoms with Crippen LogP contribution in [0, 0.1) is 6.92 Å². The van der Waals surface area contributed by atoms with Crippen molar-refractivity contribution in [1.82, 2.24) is 15.1 Å². The molecule has 3 rings (SSSR count). The molecule has 0 radical (unpaired) electrons. The van der Waals surface area contributed by atoms with Gasteiger partial charge in [-0.2, -0.15) is 4.98 Å². The summed E-state index contributed by atoms with van der Waals surface area (Å²) in [5.41, 5.74) is 8.47. The van der Waals surface area contributed by atoms with E-state index in [1.54, 1.807) is 18.3 Å². The first kappa shape index (κ1) is 11.4. The average Bonchev–Trinajstić information content (AvgIpc) is 2.88. The number of anilines is 1. The van der Waals surface area contributed by atoms with Gasteiger partial charge in [-0.05, 0) is 31.2 Å². The van der Waals surface area contributed by atoms with Gasteiger partial charge in [-0.15, -0.1) is 0 Å². The molecule has 0 aliphatic heterocycles. The molecule has 2 N–H and O–H groups in total. The van der Waals surface area contributed by atoms with Crippen LogP contribution in [0.15, 0.2) is 47.1 Å². The van der Waals surface area contributed by atoms with Gasteiger partial charge in [-0.1, -0.05) is 22.9 Å². The fourth-order valence-electron chi connectivity index (χ4n) is 1.82. The number of pyridine rings is 1. The zero-order valence-corrected chi connectivity index (χ0v) is 10.4. The number of rotatable bonds is 2. The Balaban J connectivity index is 2.00. The summed E-state index contributed by atoms with van der Waals surface area (Å²) in [6.07, 6.45) is 1.62. The van der Waals surface area contributed by atoms with Crippen molar-refractivity contribution in [3.05, 3.63) is 48.2 Å². The molecule has 94 valence electrons. The Bertz CT molecular complexity index is 661. The summed E-state index contributed by atoms with van der Waals surface area (Å²) in [7, 11) is 0. The molecule has 2 aromatic heterocycles. The summed E-state index contributed by atoms with van der Waals surface area (Å²) >= 11 is 0. The number of aryl methyl sites for hydroxylation is 1. The molecule has 0 atom stereocenters. The second-order valence-electron chi connectivity index (χ2n) is 4.26. The van der Waals surface area contributed by atoms with E-state index in [1.165, 1.54) is 0 Å². The van der Waals surface area contributed by atoms with Crippen LogP contribution in [0.4, 0.5) is 5.82 Å². The largest absolute Gasteiger partial charge is 0.384 e. The van der Waals surface area contributed by atoms with Crippen molar-refractivity contribution < 1.29 is 4.52 Å². The highest BCUT2D eigenvalue weighted by molar-refractivity contribution is 5.61. The number of hydrogen-bond donors (Lipinski definition) is 1. The van der Waals surface area contributed by atoms with E-state index in [0.717, 1.165) is 16.7 Å². The van der Waals surface area contributed by atoms with Crippen LogP contribution in [0.5, 0.6) is 0 Å². The van der Waals surface area contributed by atoms with E-state index < -0.39 is 0 Å². The standard InChI is InChI=1S/C14H12N4O/c1-9-3-2-4-11(7-9)14-17-13(18-19-14)10-5-6-16-12(15)8-10/h2-8H,1H3,(H2,15,16). The first-order valence-electron chi connectivity index (χ1n) is 5.85. The SMILES string of the molecule is Cc1cccc(-c2nc(-c3ccnc(N)c3)no2)c1. The molecule has 0 saturated heterocycles. The van der Waals surface area contributed by atoms with Crippen LogP contribution in [0.25, 0.3) is 22.8 Å². The Morgan fingerprint density at radius 1 is 1.11 bits per heavy atom. The van der Waals surface area contributed by atoms with Gasteiger partial charge in [0.25, 0.3) is 5.89 Å². The van der Waals surface area contributed by atoms with Gasteiger partial charge in [-0.3, -0.25) is 0 Å². The van der Waals surface area contributed by atoms with Crippen molar-refractivity contribution in [2.24, 2.45) is 0 Å². The summed E-state index contributed by atoms with van der Waals surface area (Å²) in [4.78, 5) is 8.31. The van der Waals surface area contributed by atoms with E-state index >= 15 is 0 Å². The normalized spacial score (nSPS) is 10.6. The maximum absolute atomic E-state index is 5.64. The Morgan fingerprint density at radius 3 is 2.79 bits per heavy atom. The summed E-state index contributed by atoms with van der Waals surface area (Å²) in [5.74, 6) is 1.43. The highest BCUT2D eigenvalue weighted by atomic mass is 16.5. The van der Waals surface area contributed by atoms with Crippen LogP contribution in [0.3, 0.4) is 0 Å². The molecule has 0 saturated carbocycles. The summed E-state index contributed by atoms with van der Waals surface area (Å²) in [6.45, 7) is 2.02. The van der Waals surface area contributed by atoms with E-state index in [2.05, 4.69) is 15.1 Å². The molecule has 5 nitrogen and oxygen atoms in total. The monoisotopic (exact) mass is 252 g/mol. The third kappa shape index (κ3) is 2.30. The third-order valence-corrected chi connectivity index (χ3v) is 2.73. The lowest BCUT2D eigenvalue weighted by molar-refractivity contribution is 0.432. The minimum Gasteiger partial charge on any atom is -0.384 e. The molecule has 0 fully saturated rings. The molecule has 2 heterocycles. The van der Waals surface area contributed by atoms with E-state index in [0.29, 0.717) is 17.5 Å². The van der Waals surface area contributed by atoms with Gasteiger partial charge in [0, 0.05) is 17.3 Å². The lowest BCUT2D eigenvalue weighted by atomic mass is 10.1. The van der Waals surface area contributed by atoms with Gasteiger partial charge in [0.05, 0.1) is 0 Å². The van der Waals surface area contributed by atoms with Gasteiger partial charge in [-0.25, -0.2) is 4.98 Å². The van der Waals surface area contributed by atoms with Crippen LogP contribution >= 0.6 is 0 Å². The van der Waals surface area contributed by atoms with E-state index in [4.69, 9.17) is 10.3 Å². The summed E-state index contributed by atoms with van der Waals surface area (Å²) in [6, 6.07) is 11.4. The predicted molar refractivity (Wildman–Crippen MR) is 72.1 cm³/mol. The number of benzene rings is 1. The second kappa shape index (κ2) is 4.53. The summed E-state index contributed by atoms with van der Waals surface area (Å²) in [5, 5.41) is 3.96. The molecule has 0 aliphatic carbocycles. The molecular formula is C14H12N4O. The Labute approximate surface area is 110 Å². The van der Waals surface area contributed by atoms with E-state index in [1.807, 2.05) is 31.2 Å². The molecule has 0 aliphatic rings. The number of nitrogens with two attached hydrogens (primary N) is 1. The maximum Gasteiger partial charge on any atom is 0.258 e. The molecule has 0 unspecified atom stereocenters. The van der Waals surface area contributed by atoms with Gasteiger partial charge in [0.2, 0.25) is 5.82 Å². The molecular weight excluding hydrogens is 240 g/mol. The molecule has 0 amide bonds. The number of nitrogen functional groups attached to an aromatic ring is 1. The molecule has 5 heteroatoms. The van der Waals surface area contributed by atoms with Gasteiger partial charge < -0.3 is 10.3 Å². The quantitative estimate of drug-likeness (QED) is 0.758. The maximum atomic E-state index is 5.64. The van der Waals surface area contributed by atoms with Gasteiger partial charge in [0.1, 0.15) is 5.82 Å². The van der Waals surface area contributed by atoms with Crippen LogP contribution in [0.1, 0.15) is 5.56 Å². The molecule has 19 heavy (non-hydrogen) atoms. The van der Waals surface area contributed by atoms with Crippen molar-refractivity contribution in [3.8, 4) is 22.8 Å². The molecule has 0 bridgehead atoms. The topological polar surface area (TPSA) is 77.8 Å². The van der Waals surface area contributed by atoms with Crippen LogP contribution < -0.4 is 5.73 Å². The van der Waals surface area contributed by atoms with Crippen molar-refractivity contribution in [2.45, 2.75) is 6.92 Å². The molecule has 0 spiro atoms. The minimum atomic E-state index is 0.430. The van der Waals surface area contributed by atoms with Gasteiger partial charge >= 0.3 is 0 Å². The Hall–Kier alpha value is -2.69. The zero-order chi connectivity index (χ0) is 13.2. The highest BCUT2D eigenvalue weighted by Gasteiger charge is 2.10. The zero-order valence-electron chi connectivity index (χ0n) is 10.4. The Morgan fingerprint density at radius 2 is 2.00 bits per heavy atom. The van der Waals surface area contributed by atoms with E-state index in [9.17, 15) is 0 Å². The van der Waals surface area contributed by atoms with Crippen molar-refractivity contribution in [3.63, 3.8) is 0 Å². The predicted octanol–water partition coefficient (Wildman–Crippen LogP) is 2.69. The number of hydrogen-bond acceptors (Lipinski definition) is 5. The van der Waals surface area contributed by atoms with Crippen LogP contribution in [0.2, 0.25) is 0 Å². The third-order valence-electron chi connectivity index (χ3n) is 2.73. The van der Waals surface area contributed by atoms with Crippen molar-refractivity contribution >= 4 is 5.82 Å². The highest BCUT2D eigenvalue weighted by Crippen LogP contribution is 2.23. The van der Waals surface area contributed by atoms with E-state index in [-0.39, 0.29) is 0 Å². The van der Waals surface area contributed by atoms with Crippen LogP contribution in [-0.2, 0) is 0 Å². The van der Waals surface area contributed by atoms with Crippen molar-refractivity contribution in [1.29, 1.82) is 0 Å². The van der Waals surface area contributed by atoms with Crippen molar-refractivity contribution in [2.75, 3.05) is 5.73 Å². The first-order valence-corrected chi connectivity index (χ1v) is 5.85. The first-order chi connectivity index (χ1) is 9.22.